The molecule has 5 amide bonds. The number of imide groups is 2. The van der Waals surface area contributed by atoms with Crippen LogP contribution < -0.4 is 5.43 Å². The Morgan fingerprint density at radius 3 is 2.18 bits per heavy atom. The minimum Gasteiger partial charge on any atom is -0.480 e. The van der Waals surface area contributed by atoms with E-state index in [-0.39, 0.29) is 38.6 Å². The topological polar surface area (TPSA) is 154 Å². The van der Waals surface area contributed by atoms with Gasteiger partial charge in [-0.05, 0) is 24.8 Å². The largest absolute Gasteiger partial charge is 0.480 e. The van der Waals surface area contributed by atoms with E-state index in [1.54, 1.807) is 24.3 Å². The van der Waals surface area contributed by atoms with Crippen LogP contribution in [0.4, 0.5) is 0 Å². The van der Waals surface area contributed by atoms with Crippen LogP contribution in [0.1, 0.15) is 44.1 Å². The molecule has 11 nitrogen and oxygen atoms in total. The molecular formula is C23H24N4O7. The Hall–Kier alpha value is -4.15. The first-order chi connectivity index (χ1) is 16.3. The van der Waals surface area contributed by atoms with Crippen molar-refractivity contribution < 1.29 is 33.9 Å². The summed E-state index contributed by atoms with van der Waals surface area (Å²) in [5.41, 5.74) is 3.59. The van der Waals surface area contributed by atoms with E-state index in [2.05, 4.69) is 10.5 Å². The highest BCUT2D eigenvalue weighted by Crippen LogP contribution is 2.20. The zero-order valence-corrected chi connectivity index (χ0v) is 18.3. The second-order valence-electron chi connectivity index (χ2n) is 7.77. The number of carbonyl (C=O) groups excluding carboxylic acids is 5. The maximum Gasteiger partial charge on any atom is 0.326 e. The van der Waals surface area contributed by atoms with Gasteiger partial charge in [0.1, 0.15) is 6.04 Å². The van der Waals surface area contributed by atoms with Crippen LogP contribution in [0.5, 0.6) is 0 Å². The molecule has 1 aromatic carbocycles. The lowest BCUT2D eigenvalue weighted by Crippen LogP contribution is -2.44. The Kier molecular flexibility index (Phi) is 8.01. The van der Waals surface area contributed by atoms with Gasteiger partial charge in [-0.1, -0.05) is 30.3 Å². The summed E-state index contributed by atoms with van der Waals surface area (Å²) >= 11 is 0. The molecule has 0 saturated carbocycles. The van der Waals surface area contributed by atoms with Crippen molar-refractivity contribution in [2.75, 3.05) is 6.54 Å². The van der Waals surface area contributed by atoms with E-state index in [4.69, 9.17) is 0 Å². The van der Waals surface area contributed by atoms with Gasteiger partial charge in [0.05, 0.1) is 5.71 Å². The van der Waals surface area contributed by atoms with Crippen molar-refractivity contribution >= 4 is 41.2 Å². The fourth-order valence-corrected chi connectivity index (χ4v) is 3.71. The summed E-state index contributed by atoms with van der Waals surface area (Å²) in [6.07, 6.45) is 2.77. The predicted molar refractivity (Wildman–Crippen MR) is 118 cm³/mol. The molecule has 178 valence electrons. The van der Waals surface area contributed by atoms with Gasteiger partial charge in [0.25, 0.3) is 11.8 Å². The first-order valence-electron chi connectivity index (χ1n) is 10.8. The molecule has 11 heteroatoms. The second-order valence-corrected chi connectivity index (χ2v) is 7.77. The number of hydrogen-bond acceptors (Lipinski definition) is 7. The number of hydrazone groups is 1. The Labute approximate surface area is 195 Å². The SMILES string of the molecule is O=C(CCN1C(=O)C=CC1=O)N/N=C(/CCCC(C(=O)O)N1C(=O)CCC1=O)c1ccccc1. The smallest absolute Gasteiger partial charge is 0.326 e. The van der Waals surface area contributed by atoms with Gasteiger partial charge in [0.2, 0.25) is 17.7 Å². The number of benzene rings is 1. The molecule has 0 aromatic heterocycles. The number of amides is 5. The van der Waals surface area contributed by atoms with E-state index in [9.17, 15) is 33.9 Å². The van der Waals surface area contributed by atoms with Crippen LogP contribution >= 0.6 is 0 Å². The van der Waals surface area contributed by atoms with Crippen LogP contribution in [-0.4, -0.2) is 68.7 Å². The van der Waals surface area contributed by atoms with Crippen molar-refractivity contribution in [2.45, 2.75) is 44.6 Å². The van der Waals surface area contributed by atoms with E-state index in [0.29, 0.717) is 17.7 Å². The van der Waals surface area contributed by atoms with Crippen LogP contribution in [0.3, 0.4) is 0 Å². The monoisotopic (exact) mass is 468 g/mol. The normalized spacial score (nSPS) is 17.0. The number of nitrogens with one attached hydrogen (secondary N) is 1. The molecule has 1 aromatic rings. The number of aliphatic carboxylic acids is 1. The maximum atomic E-state index is 12.2. The van der Waals surface area contributed by atoms with Crippen LogP contribution in [0.25, 0.3) is 0 Å². The summed E-state index contributed by atoms with van der Waals surface area (Å²) in [4.78, 5) is 72.7. The lowest BCUT2D eigenvalue weighted by atomic mass is 10.0. The Morgan fingerprint density at radius 2 is 1.59 bits per heavy atom. The van der Waals surface area contributed by atoms with Gasteiger partial charge < -0.3 is 5.11 Å². The molecular weight excluding hydrogens is 444 g/mol. The van der Waals surface area contributed by atoms with Gasteiger partial charge in [-0.25, -0.2) is 10.2 Å². The van der Waals surface area contributed by atoms with E-state index in [1.807, 2.05) is 6.07 Å². The Bertz CT molecular complexity index is 1030. The number of carbonyl (C=O) groups is 6. The molecule has 3 rings (SSSR count). The number of carboxylic acid groups (broad SMARTS) is 1. The summed E-state index contributed by atoms with van der Waals surface area (Å²) < 4.78 is 0. The molecule has 0 radical (unpaired) electrons. The fraction of sp³-hybridized carbons (Fsp3) is 0.348. The standard InChI is InChI=1S/C23H24N4O7/c28-18(13-14-26-19(29)9-10-20(26)30)25-24-16(15-5-2-1-3-6-15)7-4-8-17(23(33)34)27-21(31)11-12-22(27)32/h1-3,5-6,9-10,17H,4,7-8,11-14H2,(H,25,28)(H,33,34)/b24-16-. The summed E-state index contributed by atoms with van der Waals surface area (Å²) in [5.74, 6) is -3.70. The first kappa shape index (κ1) is 24.5. The number of hydrogen-bond donors (Lipinski definition) is 2. The molecule has 1 saturated heterocycles. The number of rotatable bonds is 11. The van der Waals surface area contributed by atoms with E-state index in [1.165, 1.54) is 0 Å². The zero-order chi connectivity index (χ0) is 24.7. The molecule has 1 fully saturated rings. The summed E-state index contributed by atoms with van der Waals surface area (Å²) in [5, 5.41) is 13.7. The molecule has 0 aliphatic carbocycles. The van der Waals surface area contributed by atoms with Crippen LogP contribution in [0, 0.1) is 0 Å². The minimum atomic E-state index is -1.25. The molecule has 2 aliphatic rings. The summed E-state index contributed by atoms with van der Waals surface area (Å²) in [6.45, 7) is -0.0785. The fourth-order valence-electron chi connectivity index (χ4n) is 3.71. The molecule has 1 atom stereocenters. The zero-order valence-electron chi connectivity index (χ0n) is 18.3. The molecule has 2 N–H and O–H groups in total. The van der Waals surface area contributed by atoms with Gasteiger partial charge in [-0.15, -0.1) is 0 Å². The molecule has 2 aliphatic heterocycles. The van der Waals surface area contributed by atoms with Crippen molar-refractivity contribution in [2.24, 2.45) is 5.10 Å². The number of carboxylic acids is 1. The van der Waals surface area contributed by atoms with Gasteiger partial charge in [-0.3, -0.25) is 33.8 Å². The van der Waals surface area contributed by atoms with Crippen LogP contribution in [-0.2, 0) is 28.8 Å². The molecule has 1 unspecified atom stereocenters. The highest BCUT2D eigenvalue weighted by molar-refractivity contribution is 6.13. The minimum absolute atomic E-state index is 0.00997. The van der Waals surface area contributed by atoms with Gasteiger partial charge in [0.15, 0.2) is 0 Å². The summed E-state index contributed by atoms with van der Waals surface area (Å²) in [7, 11) is 0. The van der Waals surface area contributed by atoms with E-state index >= 15 is 0 Å². The van der Waals surface area contributed by atoms with Gasteiger partial charge >= 0.3 is 5.97 Å². The maximum absolute atomic E-state index is 12.2. The summed E-state index contributed by atoms with van der Waals surface area (Å²) in [6, 6.07) is 7.68. The molecule has 0 bridgehead atoms. The third-order valence-electron chi connectivity index (χ3n) is 5.46. The predicted octanol–water partition coefficient (Wildman–Crippen LogP) is 0.595. The second kappa shape index (κ2) is 11.1. The third-order valence-corrected chi connectivity index (χ3v) is 5.46. The Morgan fingerprint density at radius 1 is 0.971 bits per heavy atom. The quantitative estimate of drug-likeness (QED) is 0.274. The van der Waals surface area contributed by atoms with Crippen molar-refractivity contribution in [3.63, 3.8) is 0 Å². The number of nitrogens with zero attached hydrogens (tertiary/aromatic N) is 3. The third kappa shape index (κ3) is 6.00. The Balaban J connectivity index is 1.61. The van der Waals surface area contributed by atoms with Crippen molar-refractivity contribution in [1.29, 1.82) is 0 Å². The highest BCUT2D eigenvalue weighted by atomic mass is 16.4. The average molecular weight is 468 g/mol. The van der Waals surface area contributed by atoms with Gasteiger partial charge in [-0.2, -0.15) is 5.10 Å². The molecule has 34 heavy (non-hydrogen) atoms. The van der Waals surface area contributed by atoms with Gasteiger partial charge in [0, 0.05) is 38.0 Å². The average Bonchev–Trinajstić information content (AvgIpc) is 3.32. The molecule has 2 heterocycles. The van der Waals surface area contributed by atoms with Crippen LogP contribution in [0.15, 0.2) is 47.6 Å². The van der Waals surface area contributed by atoms with E-state index in [0.717, 1.165) is 22.0 Å². The lowest BCUT2D eigenvalue weighted by molar-refractivity contribution is -0.154. The van der Waals surface area contributed by atoms with Crippen molar-refractivity contribution in [3.8, 4) is 0 Å². The first-order valence-corrected chi connectivity index (χ1v) is 10.8. The molecule has 0 spiro atoms. The van der Waals surface area contributed by atoms with Crippen molar-refractivity contribution in [3.05, 3.63) is 48.0 Å². The number of likely N-dealkylation sites (tertiary alicyclic amines) is 1. The lowest BCUT2D eigenvalue weighted by Gasteiger charge is -2.22. The highest BCUT2D eigenvalue weighted by Gasteiger charge is 2.38. The van der Waals surface area contributed by atoms with Crippen LogP contribution in [0.2, 0.25) is 0 Å². The van der Waals surface area contributed by atoms with Crippen molar-refractivity contribution in [1.82, 2.24) is 15.2 Å². The van der Waals surface area contributed by atoms with E-state index < -0.39 is 41.5 Å².